The minimum absolute atomic E-state index is 0.571. The lowest BCUT2D eigenvalue weighted by atomic mass is 9.95. The van der Waals surface area contributed by atoms with E-state index in [2.05, 4.69) is 22.3 Å². The minimum Gasteiger partial charge on any atom is -0.325 e. The van der Waals surface area contributed by atoms with Gasteiger partial charge in [-0.2, -0.15) is 0 Å². The zero-order valence-corrected chi connectivity index (χ0v) is 10.1. The van der Waals surface area contributed by atoms with Gasteiger partial charge >= 0.3 is 0 Å². The zero-order valence-electron chi connectivity index (χ0n) is 9.28. The summed E-state index contributed by atoms with van der Waals surface area (Å²) in [6, 6.07) is 0. The lowest BCUT2D eigenvalue weighted by molar-refractivity contribution is 0.209. The van der Waals surface area contributed by atoms with Gasteiger partial charge in [0, 0.05) is 24.9 Å². The van der Waals surface area contributed by atoms with Gasteiger partial charge in [0.15, 0.2) is 0 Å². The van der Waals surface area contributed by atoms with Gasteiger partial charge in [-0.05, 0) is 32.4 Å². The number of rotatable bonds is 3. The Bertz CT molecular complexity index is 311. The Kier molecular flexibility index (Phi) is 3.72. The van der Waals surface area contributed by atoms with Crippen molar-refractivity contribution in [2.24, 2.45) is 11.7 Å². The molecule has 1 aliphatic heterocycles. The SMILES string of the molecule is CN1CCCC(Cc2nc(CN)cs2)C1. The molecule has 0 saturated carbocycles. The van der Waals surface area contributed by atoms with Crippen molar-refractivity contribution in [2.75, 3.05) is 20.1 Å². The molecule has 1 fully saturated rings. The number of thiazole rings is 1. The predicted octanol–water partition coefficient (Wildman–Crippen LogP) is 1.49. The molecule has 2 N–H and O–H groups in total. The van der Waals surface area contributed by atoms with E-state index < -0.39 is 0 Å². The molecule has 1 unspecified atom stereocenters. The highest BCUT2D eigenvalue weighted by molar-refractivity contribution is 7.09. The van der Waals surface area contributed by atoms with Crippen LogP contribution in [0.25, 0.3) is 0 Å². The monoisotopic (exact) mass is 225 g/mol. The van der Waals surface area contributed by atoms with Gasteiger partial charge in [0.05, 0.1) is 10.7 Å². The van der Waals surface area contributed by atoms with Crippen molar-refractivity contribution >= 4 is 11.3 Å². The maximum Gasteiger partial charge on any atom is 0.0932 e. The molecule has 3 nitrogen and oxygen atoms in total. The first-order chi connectivity index (χ1) is 7.28. The van der Waals surface area contributed by atoms with Gasteiger partial charge in [-0.3, -0.25) is 0 Å². The van der Waals surface area contributed by atoms with Crippen molar-refractivity contribution in [2.45, 2.75) is 25.8 Å². The predicted molar refractivity (Wildman–Crippen MR) is 63.9 cm³/mol. The quantitative estimate of drug-likeness (QED) is 0.847. The molecular weight excluding hydrogens is 206 g/mol. The van der Waals surface area contributed by atoms with Crippen LogP contribution in [-0.2, 0) is 13.0 Å². The van der Waals surface area contributed by atoms with Crippen LogP contribution < -0.4 is 5.73 Å². The maximum atomic E-state index is 5.55. The van der Waals surface area contributed by atoms with Crippen LogP contribution in [0.2, 0.25) is 0 Å². The molecule has 1 aliphatic rings. The topological polar surface area (TPSA) is 42.2 Å². The van der Waals surface area contributed by atoms with Crippen LogP contribution in [-0.4, -0.2) is 30.0 Å². The van der Waals surface area contributed by atoms with Gasteiger partial charge < -0.3 is 10.6 Å². The lowest BCUT2D eigenvalue weighted by Gasteiger charge is -2.29. The molecule has 4 heteroatoms. The summed E-state index contributed by atoms with van der Waals surface area (Å²) in [6.45, 7) is 3.04. The van der Waals surface area contributed by atoms with Crippen molar-refractivity contribution in [1.82, 2.24) is 9.88 Å². The third-order valence-corrected chi connectivity index (χ3v) is 3.91. The van der Waals surface area contributed by atoms with Crippen molar-refractivity contribution in [3.8, 4) is 0 Å². The summed E-state index contributed by atoms with van der Waals surface area (Å²) in [4.78, 5) is 6.95. The summed E-state index contributed by atoms with van der Waals surface area (Å²) in [6.07, 6.45) is 3.81. The molecule has 0 amide bonds. The highest BCUT2D eigenvalue weighted by Gasteiger charge is 2.18. The van der Waals surface area contributed by atoms with Gasteiger partial charge in [0.1, 0.15) is 0 Å². The standard InChI is InChI=1S/C11H19N3S/c1-14-4-2-3-9(7-14)5-11-13-10(6-12)8-15-11/h8-9H,2-7,12H2,1H3. The molecule has 1 saturated heterocycles. The van der Waals surface area contributed by atoms with E-state index in [1.165, 1.54) is 30.9 Å². The Morgan fingerprint density at radius 2 is 2.53 bits per heavy atom. The van der Waals surface area contributed by atoms with E-state index in [9.17, 15) is 0 Å². The molecule has 15 heavy (non-hydrogen) atoms. The molecule has 1 aromatic rings. The van der Waals surface area contributed by atoms with Crippen LogP contribution in [0.15, 0.2) is 5.38 Å². The summed E-state index contributed by atoms with van der Waals surface area (Å²) < 4.78 is 0. The molecule has 2 rings (SSSR count). The summed E-state index contributed by atoms with van der Waals surface area (Å²) in [5.74, 6) is 0.792. The third kappa shape index (κ3) is 3.00. The second-order valence-corrected chi connectivity index (χ2v) is 5.35. The van der Waals surface area contributed by atoms with Crippen LogP contribution in [0.4, 0.5) is 0 Å². The number of hydrogen-bond acceptors (Lipinski definition) is 4. The van der Waals surface area contributed by atoms with Crippen molar-refractivity contribution in [3.05, 3.63) is 16.1 Å². The number of piperidine rings is 1. The van der Waals surface area contributed by atoms with Crippen molar-refractivity contribution in [3.63, 3.8) is 0 Å². The van der Waals surface area contributed by atoms with Crippen molar-refractivity contribution < 1.29 is 0 Å². The van der Waals surface area contributed by atoms with Crippen LogP contribution in [0.5, 0.6) is 0 Å². The largest absolute Gasteiger partial charge is 0.325 e. The van der Waals surface area contributed by atoms with Gasteiger partial charge in [-0.25, -0.2) is 4.98 Å². The van der Waals surface area contributed by atoms with Crippen LogP contribution in [0.1, 0.15) is 23.5 Å². The molecule has 0 radical (unpaired) electrons. The van der Waals surface area contributed by atoms with Crippen molar-refractivity contribution in [1.29, 1.82) is 0 Å². The first kappa shape index (κ1) is 11.0. The maximum absolute atomic E-state index is 5.55. The second kappa shape index (κ2) is 5.05. The molecule has 1 atom stereocenters. The number of hydrogen-bond donors (Lipinski definition) is 1. The fourth-order valence-corrected chi connectivity index (χ4v) is 3.15. The third-order valence-electron chi connectivity index (χ3n) is 2.99. The number of nitrogens with zero attached hydrogens (tertiary/aromatic N) is 2. The molecule has 0 aliphatic carbocycles. The van der Waals surface area contributed by atoms with Crippen LogP contribution in [0, 0.1) is 5.92 Å². The average Bonchev–Trinajstić information content (AvgIpc) is 2.65. The number of nitrogens with two attached hydrogens (primary N) is 1. The molecule has 84 valence electrons. The Labute approximate surface area is 95.3 Å². The van der Waals surface area contributed by atoms with E-state index in [4.69, 9.17) is 5.73 Å². The molecule has 0 aromatic carbocycles. The molecule has 1 aromatic heterocycles. The van der Waals surface area contributed by atoms with Crippen LogP contribution >= 0.6 is 11.3 Å². The average molecular weight is 225 g/mol. The number of aromatic nitrogens is 1. The fourth-order valence-electron chi connectivity index (χ4n) is 2.22. The molecular formula is C11H19N3S. The first-order valence-electron chi connectivity index (χ1n) is 5.60. The first-order valence-corrected chi connectivity index (χ1v) is 6.48. The van der Waals surface area contributed by atoms with Gasteiger partial charge in [0.2, 0.25) is 0 Å². The summed E-state index contributed by atoms with van der Waals surface area (Å²) >= 11 is 1.76. The highest BCUT2D eigenvalue weighted by atomic mass is 32.1. The van der Waals surface area contributed by atoms with E-state index in [0.29, 0.717) is 6.54 Å². The van der Waals surface area contributed by atoms with E-state index in [1.807, 2.05) is 0 Å². The summed E-state index contributed by atoms with van der Waals surface area (Å²) in [7, 11) is 2.21. The Balaban J connectivity index is 1.90. The van der Waals surface area contributed by atoms with E-state index >= 15 is 0 Å². The zero-order chi connectivity index (χ0) is 10.7. The second-order valence-electron chi connectivity index (χ2n) is 4.41. The minimum atomic E-state index is 0.571. The molecule has 0 bridgehead atoms. The van der Waals surface area contributed by atoms with Gasteiger partial charge in [-0.15, -0.1) is 11.3 Å². The summed E-state index contributed by atoms with van der Waals surface area (Å²) in [5.41, 5.74) is 6.60. The van der Waals surface area contributed by atoms with E-state index in [-0.39, 0.29) is 0 Å². The van der Waals surface area contributed by atoms with E-state index in [1.54, 1.807) is 11.3 Å². The molecule has 0 spiro atoms. The normalized spacial score (nSPS) is 23.2. The Morgan fingerprint density at radius 3 is 3.20 bits per heavy atom. The van der Waals surface area contributed by atoms with Gasteiger partial charge in [-0.1, -0.05) is 0 Å². The van der Waals surface area contributed by atoms with E-state index in [0.717, 1.165) is 18.0 Å². The Hall–Kier alpha value is -0.450. The van der Waals surface area contributed by atoms with Crippen LogP contribution in [0.3, 0.4) is 0 Å². The Morgan fingerprint density at radius 1 is 1.67 bits per heavy atom. The molecule has 2 heterocycles. The fraction of sp³-hybridized carbons (Fsp3) is 0.727. The highest BCUT2D eigenvalue weighted by Crippen LogP contribution is 2.21. The summed E-state index contributed by atoms with van der Waals surface area (Å²) in [5, 5.41) is 3.35. The number of likely N-dealkylation sites (tertiary alicyclic amines) is 1. The lowest BCUT2D eigenvalue weighted by Crippen LogP contribution is -2.32. The van der Waals surface area contributed by atoms with Gasteiger partial charge in [0.25, 0.3) is 0 Å². The smallest absolute Gasteiger partial charge is 0.0932 e.